The van der Waals surface area contributed by atoms with Crippen molar-refractivity contribution < 1.29 is 23.2 Å². The quantitative estimate of drug-likeness (QED) is 0.363. The van der Waals surface area contributed by atoms with E-state index < -0.39 is 27.0 Å². The van der Waals surface area contributed by atoms with Crippen LogP contribution in [0.4, 0.5) is 11.4 Å². The summed E-state index contributed by atoms with van der Waals surface area (Å²) in [5, 5.41) is 23.5. The first kappa shape index (κ1) is 21.9. The zero-order valence-corrected chi connectivity index (χ0v) is 17.0. The number of non-ortho nitro benzene ring substituents is 1. The predicted molar refractivity (Wildman–Crippen MR) is 114 cm³/mol. The van der Waals surface area contributed by atoms with E-state index in [1.807, 2.05) is 0 Å². The van der Waals surface area contributed by atoms with E-state index in [1.54, 1.807) is 18.2 Å². The average molecular weight is 441 g/mol. The molecule has 1 atom stereocenters. The average Bonchev–Trinajstić information content (AvgIpc) is 2.77. The first-order chi connectivity index (χ1) is 14.8. The molecule has 9 nitrogen and oxygen atoms in total. The molecular formula is C21H19N3O6S. The van der Waals surface area contributed by atoms with Crippen molar-refractivity contribution in [1.82, 2.24) is 5.32 Å². The van der Waals surface area contributed by atoms with Crippen LogP contribution in [-0.4, -0.2) is 30.9 Å². The van der Waals surface area contributed by atoms with E-state index >= 15 is 0 Å². The van der Waals surface area contributed by atoms with E-state index in [2.05, 4.69) is 10.0 Å². The lowest BCUT2D eigenvalue weighted by Crippen LogP contribution is -2.28. The van der Waals surface area contributed by atoms with E-state index in [1.165, 1.54) is 60.7 Å². The van der Waals surface area contributed by atoms with Crippen molar-refractivity contribution in [2.45, 2.75) is 11.0 Å². The molecule has 3 rings (SSSR count). The number of sulfonamides is 1. The summed E-state index contributed by atoms with van der Waals surface area (Å²) in [6.07, 6.45) is -1.07. The fourth-order valence-electron chi connectivity index (χ4n) is 2.77. The van der Waals surface area contributed by atoms with Gasteiger partial charge in [-0.1, -0.05) is 24.3 Å². The van der Waals surface area contributed by atoms with Crippen molar-refractivity contribution >= 4 is 27.3 Å². The Morgan fingerprint density at radius 1 is 1.00 bits per heavy atom. The monoisotopic (exact) mass is 441 g/mol. The molecule has 1 amide bonds. The molecule has 10 heteroatoms. The molecule has 0 aliphatic rings. The van der Waals surface area contributed by atoms with E-state index in [-0.39, 0.29) is 28.4 Å². The molecule has 3 aromatic carbocycles. The van der Waals surface area contributed by atoms with Gasteiger partial charge in [-0.05, 0) is 48.0 Å². The van der Waals surface area contributed by atoms with Gasteiger partial charge in [0.15, 0.2) is 0 Å². The minimum atomic E-state index is -3.80. The number of rotatable bonds is 8. The standard InChI is InChI=1S/C21H19N3O6S/c25-20(15-9-11-18(12-10-15)24(27)28)14-22-21(26)16-5-4-6-17(13-16)23-31(29,30)19-7-2-1-3-8-19/h1-13,20,23,25H,14H2,(H,22,26)/t20-/m0/s1. The van der Waals surface area contributed by atoms with Gasteiger partial charge in [0.05, 0.1) is 15.9 Å². The number of hydrogen-bond donors (Lipinski definition) is 3. The summed E-state index contributed by atoms with van der Waals surface area (Å²) >= 11 is 0. The summed E-state index contributed by atoms with van der Waals surface area (Å²) in [7, 11) is -3.80. The van der Waals surface area contributed by atoms with Crippen molar-refractivity contribution in [3.63, 3.8) is 0 Å². The van der Waals surface area contributed by atoms with E-state index in [9.17, 15) is 28.4 Å². The molecule has 160 valence electrons. The highest BCUT2D eigenvalue weighted by Gasteiger charge is 2.16. The smallest absolute Gasteiger partial charge is 0.269 e. The maximum atomic E-state index is 12.4. The summed E-state index contributed by atoms with van der Waals surface area (Å²) in [5.41, 5.74) is 0.724. The Labute approximate surface area is 178 Å². The molecule has 0 saturated heterocycles. The highest BCUT2D eigenvalue weighted by atomic mass is 32.2. The van der Waals surface area contributed by atoms with Crippen LogP contribution in [0.5, 0.6) is 0 Å². The molecule has 0 aliphatic heterocycles. The summed E-state index contributed by atoms with van der Waals surface area (Å²) in [6, 6.07) is 19.1. The molecule has 0 aromatic heterocycles. The van der Waals surface area contributed by atoms with Gasteiger partial charge in [-0.25, -0.2) is 8.42 Å². The third kappa shape index (κ3) is 5.65. The maximum Gasteiger partial charge on any atom is 0.269 e. The minimum Gasteiger partial charge on any atom is -0.387 e. The van der Waals surface area contributed by atoms with Gasteiger partial charge in [-0.15, -0.1) is 0 Å². The normalized spacial score (nSPS) is 12.0. The van der Waals surface area contributed by atoms with Gasteiger partial charge < -0.3 is 10.4 Å². The number of nitrogens with zero attached hydrogens (tertiary/aromatic N) is 1. The van der Waals surface area contributed by atoms with Gasteiger partial charge >= 0.3 is 0 Å². The Hall–Kier alpha value is -3.76. The van der Waals surface area contributed by atoms with Crippen molar-refractivity contribution in [2.24, 2.45) is 0 Å². The Kier molecular flexibility index (Phi) is 6.63. The summed E-state index contributed by atoms with van der Waals surface area (Å²) in [6.45, 7) is -0.128. The summed E-state index contributed by atoms with van der Waals surface area (Å²) in [5.74, 6) is -0.512. The van der Waals surface area contributed by atoms with E-state index in [0.29, 0.717) is 5.56 Å². The largest absolute Gasteiger partial charge is 0.387 e. The van der Waals surface area contributed by atoms with Crippen LogP contribution in [0.2, 0.25) is 0 Å². The zero-order chi connectivity index (χ0) is 22.4. The molecule has 0 heterocycles. The predicted octanol–water partition coefficient (Wildman–Crippen LogP) is 2.86. The van der Waals surface area contributed by atoms with Crippen LogP contribution in [0.15, 0.2) is 83.8 Å². The number of amides is 1. The Morgan fingerprint density at radius 3 is 2.32 bits per heavy atom. The van der Waals surface area contributed by atoms with Crippen molar-refractivity contribution in [3.8, 4) is 0 Å². The number of anilines is 1. The number of nitrogens with one attached hydrogen (secondary N) is 2. The fraction of sp³-hybridized carbons (Fsp3) is 0.0952. The number of nitro benzene ring substituents is 1. The topological polar surface area (TPSA) is 139 Å². The summed E-state index contributed by atoms with van der Waals surface area (Å²) in [4.78, 5) is 22.7. The van der Waals surface area contributed by atoms with Crippen LogP contribution in [0.3, 0.4) is 0 Å². The number of hydrogen-bond acceptors (Lipinski definition) is 6. The van der Waals surface area contributed by atoms with Crippen molar-refractivity contribution in [2.75, 3.05) is 11.3 Å². The molecule has 3 N–H and O–H groups in total. The molecule has 31 heavy (non-hydrogen) atoms. The number of aliphatic hydroxyl groups is 1. The van der Waals surface area contributed by atoms with Crippen LogP contribution in [0.25, 0.3) is 0 Å². The second-order valence-electron chi connectivity index (χ2n) is 6.57. The van der Waals surface area contributed by atoms with Gasteiger partial charge in [0, 0.05) is 29.9 Å². The molecule has 0 bridgehead atoms. The van der Waals surface area contributed by atoms with Crippen LogP contribution >= 0.6 is 0 Å². The molecule has 3 aromatic rings. The lowest BCUT2D eigenvalue weighted by Gasteiger charge is -2.13. The lowest BCUT2D eigenvalue weighted by atomic mass is 10.1. The second-order valence-corrected chi connectivity index (χ2v) is 8.26. The second kappa shape index (κ2) is 9.37. The Morgan fingerprint density at radius 2 is 1.68 bits per heavy atom. The Bertz CT molecular complexity index is 1180. The highest BCUT2D eigenvalue weighted by Crippen LogP contribution is 2.19. The van der Waals surface area contributed by atoms with Gasteiger partial charge in [-0.2, -0.15) is 0 Å². The van der Waals surface area contributed by atoms with Gasteiger partial charge in [0.2, 0.25) is 0 Å². The molecular weight excluding hydrogens is 422 g/mol. The van der Waals surface area contributed by atoms with E-state index in [4.69, 9.17) is 0 Å². The van der Waals surface area contributed by atoms with Crippen LogP contribution in [0, 0.1) is 10.1 Å². The van der Waals surface area contributed by atoms with E-state index in [0.717, 1.165) is 0 Å². The number of aliphatic hydroxyl groups excluding tert-OH is 1. The third-order valence-electron chi connectivity index (χ3n) is 4.38. The Balaban J connectivity index is 1.64. The minimum absolute atomic E-state index is 0.0936. The highest BCUT2D eigenvalue weighted by molar-refractivity contribution is 7.92. The number of benzene rings is 3. The van der Waals surface area contributed by atoms with Crippen LogP contribution < -0.4 is 10.0 Å². The third-order valence-corrected chi connectivity index (χ3v) is 5.77. The van der Waals surface area contributed by atoms with Crippen LogP contribution in [-0.2, 0) is 10.0 Å². The first-order valence-electron chi connectivity index (χ1n) is 9.15. The van der Waals surface area contributed by atoms with Gasteiger partial charge in [-0.3, -0.25) is 19.6 Å². The number of carbonyl (C=O) groups is 1. The molecule has 0 saturated carbocycles. The number of nitro groups is 1. The fourth-order valence-corrected chi connectivity index (χ4v) is 3.84. The first-order valence-corrected chi connectivity index (χ1v) is 10.6. The summed E-state index contributed by atoms with van der Waals surface area (Å²) < 4.78 is 27.3. The molecule has 0 aliphatic carbocycles. The molecule has 0 spiro atoms. The number of carbonyl (C=O) groups excluding carboxylic acids is 1. The lowest BCUT2D eigenvalue weighted by molar-refractivity contribution is -0.384. The molecule has 0 unspecified atom stereocenters. The van der Waals surface area contributed by atoms with Crippen molar-refractivity contribution in [3.05, 3.63) is 100 Å². The molecule has 0 radical (unpaired) electrons. The van der Waals surface area contributed by atoms with Gasteiger partial charge in [0.25, 0.3) is 21.6 Å². The molecule has 0 fully saturated rings. The maximum absolute atomic E-state index is 12.4. The van der Waals surface area contributed by atoms with Crippen LogP contribution in [0.1, 0.15) is 22.0 Å². The van der Waals surface area contributed by atoms with Crippen molar-refractivity contribution in [1.29, 1.82) is 0 Å². The van der Waals surface area contributed by atoms with Gasteiger partial charge in [0.1, 0.15) is 0 Å². The zero-order valence-electron chi connectivity index (χ0n) is 16.1. The SMILES string of the molecule is O=C(NC[C@H](O)c1ccc([N+](=O)[O-])cc1)c1cccc(NS(=O)(=O)c2ccccc2)c1.